The molecule has 144 valence electrons. The van der Waals surface area contributed by atoms with Crippen LogP contribution in [0.5, 0.6) is 0 Å². The summed E-state index contributed by atoms with van der Waals surface area (Å²) in [5.74, 6) is -0.718. The number of halogens is 1. The standard InChI is InChI=1S/C22H17FN4OS/c23-17-9-6-16(7-10-17)8-15-21(28)25-22(29)24-18-11-13-20(14-12-18)27-26-19-4-2-1-3-5-19/h1-15H,(H2,24,25,28,29). The lowest BCUT2D eigenvalue weighted by Crippen LogP contribution is -2.32. The second kappa shape index (κ2) is 10.0. The van der Waals surface area contributed by atoms with Crippen molar-refractivity contribution in [2.75, 3.05) is 5.32 Å². The molecule has 0 fully saturated rings. The molecule has 0 spiro atoms. The second-order valence-corrected chi connectivity index (χ2v) is 6.32. The molecule has 0 heterocycles. The van der Waals surface area contributed by atoms with E-state index < -0.39 is 0 Å². The van der Waals surface area contributed by atoms with Crippen LogP contribution in [0.2, 0.25) is 0 Å². The van der Waals surface area contributed by atoms with Crippen LogP contribution in [-0.4, -0.2) is 11.0 Å². The average molecular weight is 404 g/mol. The normalized spacial score (nSPS) is 10.9. The molecule has 3 aromatic rings. The summed E-state index contributed by atoms with van der Waals surface area (Å²) in [6, 6.07) is 22.4. The Labute approximate surface area is 173 Å². The first-order chi connectivity index (χ1) is 14.1. The fourth-order valence-electron chi connectivity index (χ4n) is 2.28. The summed E-state index contributed by atoms with van der Waals surface area (Å²) in [5, 5.41) is 14.0. The molecule has 5 nitrogen and oxygen atoms in total. The number of benzene rings is 3. The smallest absolute Gasteiger partial charge is 0.250 e. The third-order valence-electron chi connectivity index (χ3n) is 3.70. The highest BCUT2D eigenvalue weighted by atomic mass is 32.1. The highest BCUT2D eigenvalue weighted by molar-refractivity contribution is 7.80. The summed E-state index contributed by atoms with van der Waals surface area (Å²) in [6.45, 7) is 0. The lowest BCUT2D eigenvalue weighted by Gasteiger charge is -2.08. The van der Waals surface area contributed by atoms with E-state index in [-0.39, 0.29) is 16.8 Å². The Bertz CT molecular complexity index is 1030. The minimum Gasteiger partial charge on any atom is -0.332 e. The lowest BCUT2D eigenvalue weighted by atomic mass is 10.2. The maximum atomic E-state index is 12.9. The lowest BCUT2D eigenvalue weighted by molar-refractivity contribution is -0.115. The molecular weight excluding hydrogens is 387 g/mol. The average Bonchev–Trinajstić information content (AvgIpc) is 2.73. The molecule has 0 radical (unpaired) electrons. The molecule has 7 heteroatoms. The van der Waals surface area contributed by atoms with Gasteiger partial charge in [-0.05, 0) is 72.4 Å². The summed E-state index contributed by atoms with van der Waals surface area (Å²) in [4.78, 5) is 11.9. The van der Waals surface area contributed by atoms with Gasteiger partial charge in [0.15, 0.2) is 5.11 Å². The van der Waals surface area contributed by atoms with Crippen molar-refractivity contribution in [2.24, 2.45) is 10.2 Å². The molecule has 0 saturated heterocycles. The zero-order chi connectivity index (χ0) is 20.5. The van der Waals surface area contributed by atoms with E-state index in [1.54, 1.807) is 42.5 Å². The van der Waals surface area contributed by atoms with Crippen molar-refractivity contribution in [3.05, 3.63) is 96.3 Å². The zero-order valence-corrected chi connectivity index (χ0v) is 16.1. The van der Waals surface area contributed by atoms with E-state index in [0.717, 1.165) is 5.69 Å². The van der Waals surface area contributed by atoms with Gasteiger partial charge in [-0.25, -0.2) is 4.39 Å². The number of amides is 1. The van der Waals surface area contributed by atoms with Crippen molar-refractivity contribution in [3.63, 3.8) is 0 Å². The van der Waals surface area contributed by atoms with Gasteiger partial charge in [-0.2, -0.15) is 10.2 Å². The third kappa shape index (κ3) is 6.75. The maximum absolute atomic E-state index is 12.9. The van der Waals surface area contributed by atoms with Crippen molar-refractivity contribution in [3.8, 4) is 0 Å². The molecule has 1 amide bonds. The number of anilines is 1. The monoisotopic (exact) mass is 404 g/mol. The Morgan fingerprint density at radius 1 is 0.862 bits per heavy atom. The van der Waals surface area contributed by atoms with Crippen LogP contribution >= 0.6 is 12.2 Å². The molecule has 0 unspecified atom stereocenters. The Morgan fingerprint density at radius 3 is 2.14 bits per heavy atom. The van der Waals surface area contributed by atoms with Gasteiger partial charge in [0, 0.05) is 11.8 Å². The second-order valence-electron chi connectivity index (χ2n) is 5.91. The SMILES string of the molecule is O=C(C=Cc1ccc(F)cc1)NC(=S)Nc1ccc(N=Nc2ccccc2)cc1. The number of carbonyl (C=O) groups excluding carboxylic acids is 1. The van der Waals surface area contributed by atoms with Crippen molar-refractivity contribution in [1.82, 2.24) is 5.32 Å². The fourth-order valence-corrected chi connectivity index (χ4v) is 2.50. The van der Waals surface area contributed by atoms with Gasteiger partial charge in [-0.1, -0.05) is 30.3 Å². The fraction of sp³-hybridized carbons (Fsp3) is 0. The summed E-state index contributed by atoms with van der Waals surface area (Å²) in [5.41, 5.74) is 2.88. The topological polar surface area (TPSA) is 65.8 Å². The largest absolute Gasteiger partial charge is 0.332 e. The Morgan fingerprint density at radius 2 is 1.48 bits per heavy atom. The van der Waals surface area contributed by atoms with E-state index in [2.05, 4.69) is 20.9 Å². The number of hydrogen-bond donors (Lipinski definition) is 2. The van der Waals surface area contributed by atoms with Crippen molar-refractivity contribution in [1.29, 1.82) is 0 Å². The molecule has 0 aliphatic heterocycles. The Hall–Kier alpha value is -3.71. The van der Waals surface area contributed by atoms with Crippen LogP contribution in [0.4, 0.5) is 21.5 Å². The maximum Gasteiger partial charge on any atom is 0.250 e. The molecule has 0 saturated carbocycles. The van der Waals surface area contributed by atoms with E-state index in [1.165, 1.54) is 18.2 Å². The summed E-state index contributed by atoms with van der Waals surface area (Å²) >= 11 is 5.14. The van der Waals surface area contributed by atoms with Crippen molar-refractivity contribution in [2.45, 2.75) is 0 Å². The molecule has 3 aromatic carbocycles. The Balaban J connectivity index is 1.50. The molecule has 2 N–H and O–H groups in total. The highest BCUT2D eigenvalue weighted by Gasteiger charge is 2.02. The number of hydrogen-bond acceptors (Lipinski definition) is 4. The first-order valence-corrected chi connectivity index (χ1v) is 9.12. The molecule has 0 atom stereocenters. The van der Waals surface area contributed by atoms with Crippen molar-refractivity contribution < 1.29 is 9.18 Å². The van der Waals surface area contributed by atoms with E-state index in [9.17, 15) is 9.18 Å². The van der Waals surface area contributed by atoms with Gasteiger partial charge in [-0.3, -0.25) is 10.1 Å². The van der Waals surface area contributed by atoms with E-state index in [1.807, 2.05) is 30.3 Å². The minimum atomic E-state index is -0.389. The van der Waals surface area contributed by atoms with Crippen LogP contribution in [0.15, 0.2) is 95.2 Å². The summed E-state index contributed by atoms with van der Waals surface area (Å²) in [6.07, 6.45) is 2.90. The number of nitrogens with one attached hydrogen (secondary N) is 2. The van der Waals surface area contributed by atoms with Gasteiger partial charge in [0.1, 0.15) is 5.82 Å². The van der Waals surface area contributed by atoms with Crippen LogP contribution in [0, 0.1) is 5.82 Å². The van der Waals surface area contributed by atoms with Crippen LogP contribution < -0.4 is 10.6 Å². The predicted molar refractivity (Wildman–Crippen MR) is 117 cm³/mol. The summed E-state index contributed by atoms with van der Waals surface area (Å²) in [7, 11) is 0. The van der Waals surface area contributed by atoms with Gasteiger partial charge < -0.3 is 5.32 Å². The molecule has 3 rings (SSSR count). The minimum absolute atomic E-state index is 0.164. The van der Waals surface area contributed by atoms with Gasteiger partial charge >= 0.3 is 0 Å². The van der Waals surface area contributed by atoms with Gasteiger partial charge in [-0.15, -0.1) is 0 Å². The zero-order valence-electron chi connectivity index (χ0n) is 15.2. The van der Waals surface area contributed by atoms with Crippen LogP contribution in [0.1, 0.15) is 5.56 Å². The molecule has 29 heavy (non-hydrogen) atoms. The van der Waals surface area contributed by atoms with E-state index in [4.69, 9.17) is 12.2 Å². The van der Waals surface area contributed by atoms with Crippen LogP contribution in [0.3, 0.4) is 0 Å². The van der Waals surface area contributed by atoms with Gasteiger partial charge in [0.2, 0.25) is 5.91 Å². The number of thiocarbonyl (C=S) groups is 1. The molecule has 0 aliphatic carbocycles. The van der Waals surface area contributed by atoms with E-state index >= 15 is 0 Å². The predicted octanol–water partition coefficient (Wildman–Crippen LogP) is 5.77. The van der Waals surface area contributed by atoms with Crippen molar-refractivity contribution >= 4 is 46.4 Å². The van der Waals surface area contributed by atoms with Gasteiger partial charge in [0.05, 0.1) is 11.4 Å². The number of rotatable bonds is 5. The first-order valence-electron chi connectivity index (χ1n) is 8.71. The molecule has 0 aliphatic rings. The Kier molecular flexibility index (Phi) is 6.91. The molecule has 0 aromatic heterocycles. The molecular formula is C22H17FN4OS. The number of carbonyl (C=O) groups is 1. The molecule has 0 bridgehead atoms. The van der Waals surface area contributed by atoms with Crippen LogP contribution in [0.25, 0.3) is 6.08 Å². The van der Waals surface area contributed by atoms with Crippen LogP contribution in [-0.2, 0) is 4.79 Å². The first kappa shape index (κ1) is 20.0. The highest BCUT2D eigenvalue weighted by Crippen LogP contribution is 2.20. The van der Waals surface area contributed by atoms with Gasteiger partial charge in [0.25, 0.3) is 0 Å². The number of nitrogens with zero attached hydrogens (tertiary/aromatic N) is 2. The van der Waals surface area contributed by atoms with E-state index in [0.29, 0.717) is 16.9 Å². The third-order valence-corrected chi connectivity index (χ3v) is 3.90. The quantitative estimate of drug-likeness (QED) is 0.322. The number of azo groups is 1. The summed E-state index contributed by atoms with van der Waals surface area (Å²) < 4.78 is 12.9.